The van der Waals surface area contributed by atoms with E-state index in [4.69, 9.17) is 32.7 Å². The lowest BCUT2D eigenvalue weighted by molar-refractivity contribution is 0.174. The molecule has 33 heavy (non-hydrogen) atoms. The molecule has 1 aliphatic heterocycles. The standard InChI is InChI=1S/C24H21Cl2N5O2/c1-15-10-23(30-24(26)29-15)31(13-16-2-5-21-22(11-16)33-14-32-21)9-8-28-19-6-7-27-20-12-17(25)3-4-18(19)20/h2-7,10-12H,8-9,13-14H2,1H3,(H,27,28). The van der Waals surface area contributed by atoms with Crippen LogP contribution in [0.1, 0.15) is 11.3 Å². The average Bonchev–Trinajstić information content (AvgIpc) is 3.25. The fourth-order valence-corrected chi connectivity index (χ4v) is 4.20. The van der Waals surface area contributed by atoms with Gasteiger partial charge in [0.1, 0.15) is 5.82 Å². The predicted octanol–water partition coefficient (Wildman–Crippen LogP) is 5.49. The molecule has 0 unspecified atom stereocenters. The number of aryl methyl sites for hydroxylation is 1. The second kappa shape index (κ2) is 9.29. The third kappa shape index (κ3) is 4.89. The Morgan fingerprint density at radius 2 is 1.88 bits per heavy atom. The van der Waals surface area contributed by atoms with E-state index in [2.05, 4.69) is 25.2 Å². The molecule has 2 aromatic carbocycles. The average molecular weight is 482 g/mol. The molecule has 0 spiro atoms. The lowest BCUT2D eigenvalue weighted by Crippen LogP contribution is -2.29. The Bertz CT molecular complexity index is 1300. The van der Waals surface area contributed by atoms with Gasteiger partial charge in [0.25, 0.3) is 0 Å². The summed E-state index contributed by atoms with van der Waals surface area (Å²) in [6, 6.07) is 15.6. The molecular weight excluding hydrogens is 461 g/mol. The zero-order valence-corrected chi connectivity index (χ0v) is 19.4. The lowest BCUT2D eigenvalue weighted by atomic mass is 10.1. The molecule has 2 aromatic heterocycles. The monoisotopic (exact) mass is 481 g/mol. The maximum absolute atomic E-state index is 6.16. The Morgan fingerprint density at radius 1 is 1.00 bits per heavy atom. The van der Waals surface area contributed by atoms with E-state index in [9.17, 15) is 0 Å². The summed E-state index contributed by atoms with van der Waals surface area (Å²) >= 11 is 12.3. The Morgan fingerprint density at radius 3 is 2.76 bits per heavy atom. The number of hydrogen-bond acceptors (Lipinski definition) is 7. The van der Waals surface area contributed by atoms with Crippen molar-refractivity contribution in [2.75, 3.05) is 30.1 Å². The van der Waals surface area contributed by atoms with Gasteiger partial charge in [0.15, 0.2) is 11.5 Å². The van der Waals surface area contributed by atoms with Gasteiger partial charge in [-0.3, -0.25) is 4.98 Å². The van der Waals surface area contributed by atoms with E-state index < -0.39 is 0 Å². The zero-order chi connectivity index (χ0) is 22.8. The normalized spacial score (nSPS) is 12.2. The molecule has 9 heteroatoms. The van der Waals surface area contributed by atoms with E-state index >= 15 is 0 Å². The fraction of sp³-hybridized carbons (Fsp3) is 0.208. The number of rotatable bonds is 7. The molecular formula is C24H21Cl2N5O2. The van der Waals surface area contributed by atoms with Crippen LogP contribution in [0.4, 0.5) is 11.5 Å². The maximum atomic E-state index is 6.16. The number of fused-ring (bicyclic) bond motifs is 2. The van der Waals surface area contributed by atoms with Gasteiger partial charge in [-0.25, -0.2) is 9.97 Å². The summed E-state index contributed by atoms with van der Waals surface area (Å²) in [5.41, 5.74) is 3.74. The molecule has 5 rings (SSSR count). The van der Waals surface area contributed by atoms with Crippen LogP contribution in [0.5, 0.6) is 11.5 Å². The minimum atomic E-state index is 0.227. The summed E-state index contributed by atoms with van der Waals surface area (Å²) in [6.07, 6.45) is 1.78. The molecule has 0 amide bonds. The third-order valence-corrected chi connectivity index (χ3v) is 5.75. The minimum absolute atomic E-state index is 0.227. The molecule has 4 aromatic rings. The fourth-order valence-electron chi connectivity index (χ4n) is 3.81. The second-order valence-corrected chi connectivity index (χ2v) is 8.47. The molecule has 1 aliphatic rings. The van der Waals surface area contributed by atoms with E-state index in [1.54, 1.807) is 6.20 Å². The Kier molecular flexibility index (Phi) is 6.07. The maximum Gasteiger partial charge on any atom is 0.231 e. The Labute approximate surface area is 201 Å². The van der Waals surface area contributed by atoms with E-state index in [0.29, 0.717) is 24.7 Å². The van der Waals surface area contributed by atoms with Gasteiger partial charge in [0, 0.05) is 53.7 Å². The van der Waals surface area contributed by atoms with Crippen molar-refractivity contribution in [3.63, 3.8) is 0 Å². The Balaban J connectivity index is 1.37. The number of nitrogens with one attached hydrogen (secondary N) is 1. The summed E-state index contributed by atoms with van der Waals surface area (Å²) in [5, 5.41) is 5.43. The van der Waals surface area contributed by atoms with Crippen LogP contribution >= 0.6 is 23.2 Å². The van der Waals surface area contributed by atoms with Crippen molar-refractivity contribution < 1.29 is 9.47 Å². The molecule has 7 nitrogen and oxygen atoms in total. The predicted molar refractivity (Wildman–Crippen MR) is 131 cm³/mol. The topological polar surface area (TPSA) is 72.4 Å². The number of ether oxygens (including phenoxy) is 2. The van der Waals surface area contributed by atoms with Crippen molar-refractivity contribution in [2.45, 2.75) is 13.5 Å². The highest BCUT2D eigenvalue weighted by molar-refractivity contribution is 6.31. The number of hydrogen-bond donors (Lipinski definition) is 1. The van der Waals surface area contributed by atoms with Gasteiger partial charge in [-0.05, 0) is 60.5 Å². The molecule has 0 bridgehead atoms. The smallest absolute Gasteiger partial charge is 0.231 e. The van der Waals surface area contributed by atoms with Crippen LogP contribution in [0.2, 0.25) is 10.3 Å². The van der Waals surface area contributed by atoms with Crippen molar-refractivity contribution in [2.24, 2.45) is 0 Å². The van der Waals surface area contributed by atoms with Crippen LogP contribution < -0.4 is 19.7 Å². The summed E-state index contributed by atoms with van der Waals surface area (Å²) in [7, 11) is 0. The Hall–Kier alpha value is -3.29. The molecule has 0 atom stereocenters. The highest BCUT2D eigenvalue weighted by atomic mass is 35.5. The van der Waals surface area contributed by atoms with Gasteiger partial charge >= 0.3 is 0 Å². The first-order valence-corrected chi connectivity index (χ1v) is 11.2. The van der Waals surface area contributed by atoms with Crippen LogP contribution in [-0.2, 0) is 6.54 Å². The van der Waals surface area contributed by atoms with E-state index in [1.807, 2.05) is 55.5 Å². The summed E-state index contributed by atoms with van der Waals surface area (Å²) < 4.78 is 11.0. The first-order valence-electron chi connectivity index (χ1n) is 10.5. The van der Waals surface area contributed by atoms with Gasteiger partial charge in [-0.15, -0.1) is 0 Å². The SMILES string of the molecule is Cc1cc(N(CCNc2ccnc3cc(Cl)ccc23)Cc2ccc3c(c2)OCO3)nc(Cl)n1. The highest BCUT2D eigenvalue weighted by Gasteiger charge is 2.16. The second-order valence-electron chi connectivity index (χ2n) is 7.69. The molecule has 0 saturated heterocycles. The number of pyridine rings is 1. The third-order valence-electron chi connectivity index (χ3n) is 5.35. The molecule has 1 N–H and O–H groups in total. The van der Waals surface area contributed by atoms with Crippen molar-refractivity contribution in [1.29, 1.82) is 0 Å². The van der Waals surface area contributed by atoms with Gasteiger partial charge < -0.3 is 19.7 Å². The molecule has 0 aliphatic carbocycles. The minimum Gasteiger partial charge on any atom is -0.454 e. The number of halogens is 2. The van der Waals surface area contributed by atoms with Gasteiger partial charge in [0.2, 0.25) is 12.1 Å². The van der Waals surface area contributed by atoms with Crippen LogP contribution in [0, 0.1) is 6.92 Å². The molecule has 0 saturated carbocycles. The number of nitrogens with zero attached hydrogens (tertiary/aromatic N) is 4. The van der Waals surface area contributed by atoms with Crippen molar-refractivity contribution in [3.05, 3.63) is 76.3 Å². The highest BCUT2D eigenvalue weighted by Crippen LogP contribution is 2.33. The van der Waals surface area contributed by atoms with Gasteiger partial charge in [0.05, 0.1) is 5.52 Å². The van der Waals surface area contributed by atoms with E-state index in [0.717, 1.165) is 45.2 Å². The van der Waals surface area contributed by atoms with Crippen LogP contribution in [0.15, 0.2) is 54.7 Å². The number of aromatic nitrogens is 3. The first kappa shape index (κ1) is 21.6. The van der Waals surface area contributed by atoms with Crippen molar-refractivity contribution in [3.8, 4) is 11.5 Å². The zero-order valence-electron chi connectivity index (χ0n) is 17.9. The lowest BCUT2D eigenvalue weighted by Gasteiger charge is -2.25. The van der Waals surface area contributed by atoms with Crippen molar-refractivity contribution in [1.82, 2.24) is 15.0 Å². The number of benzene rings is 2. The summed E-state index contributed by atoms with van der Waals surface area (Å²) in [5.74, 6) is 2.28. The van der Waals surface area contributed by atoms with Crippen molar-refractivity contribution >= 4 is 45.6 Å². The van der Waals surface area contributed by atoms with Gasteiger partial charge in [-0.1, -0.05) is 17.7 Å². The largest absolute Gasteiger partial charge is 0.454 e. The first-order chi connectivity index (χ1) is 16.0. The van der Waals surface area contributed by atoms with E-state index in [-0.39, 0.29) is 12.1 Å². The molecule has 3 heterocycles. The van der Waals surface area contributed by atoms with E-state index in [1.165, 1.54) is 0 Å². The number of anilines is 2. The summed E-state index contributed by atoms with van der Waals surface area (Å²) in [4.78, 5) is 15.2. The quantitative estimate of drug-likeness (QED) is 0.350. The van der Waals surface area contributed by atoms with Crippen LogP contribution in [-0.4, -0.2) is 34.8 Å². The van der Waals surface area contributed by atoms with Crippen LogP contribution in [0.25, 0.3) is 10.9 Å². The molecule has 168 valence electrons. The van der Waals surface area contributed by atoms with Gasteiger partial charge in [-0.2, -0.15) is 0 Å². The molecule has 0 fully saturated rings. The summed E-state index contributed by atoms with van der Waals surface area (Å²) in [6.45, 7) is 4.13. The van der Waals surface area contributed by atoms with Crippen LogP contribution in [0.3, 0.4) is 0 Å². The molecule has 0 radical (unpaired) electrons.